The standard InChI is InChI=1S/C11H14FNO5S/c1-13(7-11(14)18-3)19(15,16)8-4-5-10(17-2)9(12)6-8/h4-6H,7H2,1-3H3. The largest absolute Gasteiger partial charge is 0.494 e. The van der Waals surface area contributed by atoms with Gasteiger partial charge in [-0.15, -0.1) is 0 Å². The van der Waals surface area contributed by atoms with Gasteiger partial charge in [-0.1, -0.05) is 0 Å². The molecule has 0 fully saturated rings. The molecule has 0 aliphatic heterocycles. The van der Waals surface area contributed by atoms with E-state index >= 15 is 0 Å². The summed E-state index contributed by atoms with van der Waals surface area (Å²) in [5, 5.41) is 0. The predicted molar refractivity (Wildman–Crippen MR) is 64.8 cm³/mol. The first-order valence-electron chi connectivity index (χ1n) is 5.19. The fourth-order valence-corrected chi connectivity index (χ4v) is 2.45. The Hall–Kier alpha value is -1.67. The average molecular weight is 291 g/mol. The molecule has 1 aromatic rings. The number of esters is 1. The zero-order valence-corrected chi connectivity index (χ0v) is 11.5. The van der Waals surface area contributed by atoms with Crippen molar-refractivity contribution in [3.05, 3.63) is 24.0 Å². The van der Waals surface area contributed by atoms with Crippen LogP contribution in [0, 0.1) is 5.82 Å². The molecule has 6 nitrogen and oxygen atoms in total. The first-order chi connectivity index (χ1) is 8.82. The van der Waals surface area contributed by atoms with E-state index in [2.05, 4.69) is 4.74 Å². The topological polar surface area (TPSA) is 72.9 Å². The Kier molecular flexibility index (Phi) is 4.84. The summed E-state index contributed by atoms with van der Waals surface area (Å²) in [5.74, 6) is -1.57. The van der Waals surface area contributed by atoms with Crippen LogP contribution in [0.4, 0.5) is 4.39 Å². The lowest BCUT2D eigenvalue weighted by Gasteiger charge is -2.16. The molecule has 8 heteroatoms. The number of sulfonamides is 1. The molecule has 0 saturated heterocycles. The third-order valence-corrected chi connectivity index (χ3v) is 4.21. The van der Waals surface area contributed by atoms with Gasteiger partial charge in [0.1, 0.15) is 6.54 Å². The molecule has 19 heavy (non-hydrogen) atoms. The fourth-order valence-electron chi connectivity index (χ4n) is 1.32. The molecule has 0 heterocycles. The van der Waals surface area contributed by atoms with Gasteiger partial charge in [0.2, 0.25) is 10.0 Å². The van der Waals surface area contributed by atoms with Gasteiger partial charge < -0.3 is 9.47 Å². The van der Waals surface area contributed by atoms with Gasteiger partial charge in [-0.2, -0.15) is 4.31 Å². The minimum Gasteiger partial charge on any atom is -0.494 e. The van der Waals surface area contributed by atoms with Gasteiger partial charge in [0.05, 0.1) is 19.1 Å². The second-order valence-electron chi connectivity index (χ2n) is 3.63. The van der Waals surface area contributed by atoms with E-state index in [9.17, 15) is 17.6 Å². The highest BCUT2D eigenvalue weighted by Gasteiger charge is 2.24. The average Bonchev–Trinajstić information content (AvgIpc) is 2.38. The first kappa shape index (κ1) is 15.4. The van der Waals surface area contributed by atoms with E-state index in [-0.39, 0.29) is 10.6 Å². The maximum atomic E-state index is 13.5. The van der Waals surface area contributed by atoms with Crippen LogP contribution in [-0.4, -0.2) is 46.5 Å². The number of benzene rings is 1. The van der Waals surface area contributed by atoms with Crippen molar-refractivity contribution in [3.63, 3.8) is 0 Å². The van der Waals surface area contributed by atoms with E-state index in [4.69, 9.17) is 4.74 Å². The van der Waals surface area contributed by atoms with Crippen LogP contribution in [0.3, 0.4) is 0 Å². The van der Waals surface area contributed by atoms with Crippen molar-refractivity contribution < 1.29 is 27.1 Å². The molecule has 106 valence electrons. The summed E-state index contributed by atoms with van der Waals surface area (Å²) in [6.07, 6.45) is 0. The van der Waals surface area contributed by atoms with Gasteiger partial charge in [-0.05, 0) is 18.2 Å². The normalized spacial score (nSPS) is 11.4. The molecule has 0 atom stereocenters. The van der Waals surface area contributed by atoms with Crippen molar-refractivity contribution in [3.8, 4) is 5.75 Å². The Bertz CT molecular complexity index is 572. The van der Waals surface area contributed by atoms with Crippen LogP contribution in [0.25, 0.3) is 0 Å². The quantitative estimate of drug-likeness (QED) is 0.744. The lowest BCUT2D eigenvalue weighted by atomic mass is 10.3. The molecular weight excluding hydrogens is 277 g/mol. The zero-order chi connectivity index (χ0) is 14.6. The summed E-state index contributed by atoms with van der Waals surface area (Å²) >= 11 is 0. The number of hydrogen-bond donors (Lipinski definition) is 0. The second-order valence-corrected chi connectivity index (χ2v) is 5.68. The van der Waals surface area contributed by atoms with E-state index < -0.39 is 28.4 Å². The molecule has 0 spiro atoms. The Morgan fingerprint density at radius 2 is 2.00 bits per heavy atom. The maximum Gasteiger partial charge on any atom is 0.321 e. The number of likely N-dealkylation sites (N-methyl/N-ethyl adjacent to an activating group) is 1. The second kappa shape index (κ2) is 5.98. The summed E-state index contributed by atoms with van der Waals surface area (Å²) < 4.78 is 47.4. The summed E-state index contributed by atoms with van der Waals surface area (Å²) in [5.41, 5.74) is 0. The first-order valence-corrected chi connectivity index (χ1v) is 6.63. The molecule has 0 aliphatic rings. The SMILES string of the molecule is COC(=O)CN(C)S(=O)(=O)c1ccc(OC)c(F)c1. The number of halogens is 1. The van der Waals surface area contributed by atoms with E-state index in [0.29, 0.717) is 0 Å². The van der Waals surface area contributed by atoms with Gasteiger partial charge >= 0.3 is 5.97 Å². The predicted octanol–water partition coefficient (Wildman–Crippen LogP) is 0.628. The van der Waals surface area contributed by atoms with Crippen LogP contribution >= 0.6 is 0 Å². The van der Waals surface area contributed by atoms with Crippen molar-refractivity contribution >= 4 is 16.0 Å². The Morgan fingerprint density at radius 3 is 2.47 bits per heavy atom. The highest BCUT2D eigenvalue weighted by atomic mass is 32.2. The summed E-state index contributed by atoms with van der Waals surface area (Å²) in [6, 6.07) is 3.24. The van der Waals surface area contributed by atoms with Crippen molar-refractivity contribution in [2.45, 2.75) is 4.90 Å². The van der Waals surface area contributed by atoms with Crippen LogP contribution in [0.2, 0.25) is 0 Å². The number of carbonyl (C=O) groups excluding carboxylic acids is 1. The van der Waals surface area contributed by atoms with Gasteiger partial charge in [0.15, 0.2) is 11.6 Å². The van der Waals surface area contributed by atoms with Gasteiger partial charge in [0.25, 0.3) is 0 Å². The number of rotatable bonds is 5. The maximum absolute atomic E-state index is 13.5. The molecule has 0 bridgehead atoms. The number of ether oxygens (including phenoxy) is 2. The van der Waals surface area contributed by atoms with Crippen LogP contribution in [0.15, 0.2) is 23.1 Å². The number of carbonyl (C=O) groups is 1. The molecule has 0 unspecified atom stereocenters. The Labute approximate surface area is 110 Å². The fraction of sp³-hybridized carbons (Fsp3) is 0.364. The highest BCUT2D eigenvalue weighted by Crippen LogP contribution is 2.22. The molecule has 0 aliphatic carbocycles. The third kappa shape index (κ3) is 3.42. The minimum atomic E-state index is -3.95. The molecular formula is C11H14FNO5S. The van der Waals surface area contributed by atoms with Crippen LogP contribution < -0.4 is 4.74 Å². The molecule has 0 saturated carbocycles. The lowest BCUT2D eigenvalue weighted by Crippen LogP contribution is -2.32. The smallest absolute Gasteiger partial charge is 0.321 e. The van der Waals surface area contributed by atoms with Crippen LogP contribution in [0.1, 0.15) is 0 Å². The number of hydrogen-bond acceptors (Lipinski definition) is 5. The molecule has 0 radical (unpaired) electrons. The van der Waals surface area contributed by atoms with Crippen molar-refractivity contribution in [1.29, 1.82) is 0 Å². The molecule has 1 rings (SSSR count). The van der Waals surface area contributed by atoms with Crippen LogP contribution in [-0.2, 0) is 19.6 Å². The minimum absolute atomic E-state index is 0.0606. The van der Waals surface area contributed by atoms with E-state index in [1.807, 2.05) is 0 Å². The highest BCUT2D eigenvalue weighted by molar-refractivity contribution is 7.89. The Morgan fingerprint density at radius 1 is 1.37 bits per heavy atom. The number of nitrogens with zero attached hydrogens (tertiary/aromatic N) is 1. The summed E-state index contributed by atoms with van der Waals surface area (Å²) in [6.45, 7) is -0.452. The van der Waals surface area contributed by atoms with Crippen molar-refractivity contribution in [2.75, 3.05) is 27.8 Å². The number of methoxy groups -OCH3 is 2. The monoisotopic (exact) mass is 291 g/mol. The Balaban J connectivity index is 3.06. The zero-order valence-electron chi connectivity index (χ0n) is 10.7. The molecule has 0 N–H and O–H groups in total. The van der Waals surface area contributed by atoms with Gasteiger partial charge in [-0.3, -0.25) is 4.79 Å². The van der Waals surface area contributed by atoms with E-state index in [0.717, 1.165) is 17.5 Å². The van der Waals surface area contributed by atoms with Crippen LogP contribution in [0.5, 0.6) is 5.75 Å². The van der Waals surface area contributed by atoms with Crippen molar-refractivity contribution in [1.82, 2.24) is 4.31 Å². The van der Waals surface area contributed by atoms with E-state index in [1.54, 1.807) is 0 Å². The summed E-state index contributed by atoms with van der Waals surface area (Å²) in [4.78, 5) is 10.8. The van der Waals surface area contributed by atoms with Gasteiger partial charge in [-0.25, -0.2) is 12.8 Å². The van der Waals surface area contributed by atoms with E-state index in [1.165, 1.54) is 26.3 Å². The summed E-state index contributed by atoms with van der Waals surface area (Å²) in [7, 11) is -0.329. The van der Waals surface area contributed by atoms with Gasteiger partial charge in [0, 0.05) is 7.05 Å². The molecule has 1 aromatic carbocycles. The van der Waals surface area contributed by atoms with Crippen molar-refractivity contribution in [2.24, 2.45) is 0 Å². The lowest BCUT2D eigenvalue weighted by molar-refractivity contribution is -0.140. The molecule has 0 aromatic heterocycles. The molecule has 0 amide bonds. The third-order valence-electron chi connectivity index (χ3n) is 2.41.